The molecule has 0 unspecified atom stereocenters. The van der Waals surface area contributed by atoms with Crippen molar-refractivity contribution in [2.24, 2.45) is 5.92 Å². The van der Waals surface area contributed by atoms with Gasteiger partial charge in [0.15, 0.2) is 0 Å². The van der Waals surface area contributed by atoms with Crippen LogP contribution in [-0.2, 0) is 22.5 Å². The number of rotatable bonds is 6. The Morgan fingerprint density at radius 3 is 2.95 bits per heavy atom. The summed E-state index contributed by atoms with van der Waals surface area (Å²) in [6.07, 6.45) is 3.88. The molecule has 0 saturated heterocycles. The van der Waals surface area contributed by atoms with Crippen molar-refractivity contribution in [2.45, 2.75) is 39.7 Å². The second-order valence-electron chi connectivity index (χ2n) is 6.48. The van der Waals surface area contributed by atoms with E-state index >= 15 is 0 Å². The standard InChI is InChI=1S/C18H26N2O2/c1-3-22-17(21)10-19-18-13(2)4-7-15-12-20(9-8-16(15)18)11-14-5-6-14/h4,7,14,19H,3,5-6,8-12H2,1-2H3. The molecule has 0 amide bonds. The van der Waals surface area contributed by atoms with E-state index < -0.39 is 0 Å². The first kappa shape index (κ1) is 15.3. The number of ether oxygens (including phenoxy) is 1. The van der Waals surface area contributed by atoms with E-state index in [1.807, 2.05) is 6.92 Å². The van der Waals surface area contributed by atoms with E-state index in [4.69, 9.17) is 4.74 Å². The van der Waals surface area contributed by atoms with Crippen molar-refractivity contribution in [1.29, 1.82) is 0 Å². The third kappa shape index (κ3) is 3.61. The van der Waals surface area contributed by atoms with Crippen molar-refractivity contribution in [3.8, 4) is 0 Å². The minimum Gasteiger partial charge on any atom is -0.465 e. The first-order chi connectivity index (χ1) is 10.7. The van der Waals surface area contributed by atoms with Gasteiger partial charge in [-0.05, 0) is 55.7 Å². The van der Waals surface area contributed by atoms with E-state index in [0.29, 0.717) is 6.61 Å². The second-order valence-corrected chi connectivity index (χ2v) is 6.48. The number of carbonyl (C=O) groups is 1. The fourth-order valence-electron chi connectivity index (χ4n) is 3.27. The lowest BCUT2D eigenvalue weighted by atomic mass is 9.94. The smallest absolute Gasteiger partial charge is 0.325 e. The van der Waals surface area contributed by atoms with E-state index in [0.717, 1.165) is 31.1 Å². The number of aryl methyl sites for hydroxylation is 1. The summed E-state index contributed by atoms with van der Waals surface area (Å²) in [5, 5.41) is 3.30. The van der Waals surface area contributed by atoms with Gasteiger partial charge in [0.1, 0.15) is 6.54 Å². The molecule has 4 nitrogen and oxygen atoms in total. The lowest BCUT2D eigenvalue weighted by Crippen LogP contribution is -2.33. The normalized spacial score (nSPS) is 17.9. The highest BCUT2D eigenvalue weighted by atomic mass is 16.5. The molecular weight excluding hydrogens is 276 g/mol. The number of nitrogens with zero attached hydrogens (tertiary/aromatic N) is 1. The lowest BCUT2D eigenvalue weighted by Gasteiger charge is -2.31. The monoisotopic (exact) mass is 302 g/mol. The molecule has 3 rings (SSSR count). The summed E-state index contributed by atoms with van der Waals surface area (Å²) in [5.41, 5.74) is 5.13. The van der Waals surface area contributed by atoms with Crippen LogP contribution >= 0.6 is 0 Å². The number of esters is 1. The Labute approximate surface area is 132 Å². The number of nitrogens with one attached hydrogen (secondary N) is 1. The summed E-state index contributed by atoms with van der Waals surface area (Å²) in [7, 11) is 0. The van der Waals surface area contributed by atoms with Crippen LogP contribution in [-0.4, -0.2) is 37.1 Å². The van der Waals surface area contributed by atoms with Crippen LogP contribution in [0.3, 0.4) is 0 Å². The fraction of sp³-hybridized carbons (Fsp3) is 0.611. The average molecular weight is 302 g/mol. The van der Waals surface area contributed by atoms with Crippen molar-refractivity contribution in [3.63, 3.8) is 0 Å². The van der Waals surface area contributed by atoms with Gasteiger partial charge in [0.05, 0.1) is 6.61 Å². The molecule has 1 aliphatic heterocycles. The van der Waals surface area contributed by atoms with Crippen LogP contribution in [0, 0.1) is 12.8 Å². The molecular formula is C18H26N2O2. The molecule has 1 aromatic carbocycles. The van der Waals surface area contributed by atoms with Gasteiger partial charge in [0, 0.05) is 25.3 Å². The lowest BCUT2D eigenvalue weighted by molar-refractivity contribution is -0.140. The van der Waals surface area contributed by atoms with Crippen LogP contribution in [0.15, 0.2) is 12.1 Å². The van der Waals surface area contributed by atoms with Crippen LogP contribution in [0.25, 0.3) is 0 Å². The third-order valence-electron chi connectivity index (χ3n) is 4.62. The Morgan fingerprint density at radius 1 is 1.41 bits per heavy atom. The molecule has 2 aliphatic rings. The molecule has 0 aromatic heterocycles. The third-order valence-corrected chi connectivity index (χ3v) is 4.62. The Kier molecular flexibility index (Phi) is 4.67. The number of anilines is 1. The van der Waals surface area contributed by atoms with Crippen LogP contribution in [0.5, 0.6) is 0 Å². The predicted octanol–water partition coefficient (Wildman–Crippen LogP) is 2.74. The molecule has 1 aliphatic carbocycles. The summed E-state index contributed by atoms with van der Waals surface area (Å²) in [4.78, 5) is 14.2. The molecule has 0 radical (unpaired) electrons. The zero-order valence-electron chi connectivity index (χ0n) is 13.7. The zero-order valence-corrected chi connectivity index (χ0v) is 13.7. The molecule has 4 heteroatoms. The van der Waals surface area contributed by atoms with E-state index in [-0.39, 0.29) is 12.5 Å². The molecule has 0 bridgehead atoms. The Morgan fingerprint density at radius 2 is 2.23 bits per heavy atom. The van der Waals surface area contributed by atoms with Gasteiger partial charge in [-0.25, -0.2) is 0 Å². The van der Waals surface area contributed by atoms with Gasteiger partial charge in [-0.2, -0.15) is 0 Å². The molecule has 0 atom stereocenters. The average Bonchev–Trinajstić information content (AvgIpc) is 3.30. The van der Waals surface area contributed by atoms with Crippen molar-refractivity contribution < 1.29 is 9.53 Å². The second kappa shape index (κ2) is 6.69. The molecule has 1 aromatic rings. The van der Waals surface area contributed by atoms with Crippen LogP contribution in [0.4, 0.5) is 5.69 Å². The van der Waals surface area contributed by atoms with Gasteiger partial charge in [-0.15, -0.1) is 0 Å². The number of hydrogen-bond donors (Lipinski definition) is 1. The van der Waals surface area contributed by atoms with E-state index in [1.165, 1.54) is 36.1 Å². The molecule has 1 heterocycles. The molecule has 1 saturated carbocycles. The van der Waals surface area contributed by atoms with Crippen molar-refractivity contribution in [2.75, 3.05) is 31.6 Å². The van der Waals surface area contributed by atoms with Crippen LogP contribution in [0.1, 0.15) is 36.5 Å². The minimum absolute atomic E-state index is 0.189. The van der Waals surface area contributed by atoms with Gasteiger partial charge in [0.2, 0.25) is 0 Å². The van der Waals surface area contributed by atoms with Gasteiger partial charge >= 0.3 is 5.97 Å². The Bertz CT molecular complexity index is 552. The molecule has 0 spiro atoms. The summed E-state index contributed by atoms with van der Waals surface area (Å²) in [5.74, 6) is 0.749. The minimum atomic E-state index is -0.189. The largest absolute Gasteiger partial charge is 0.465 e. The zero-order chi connectivity index (χ0) is 15.5. The van der Waals surface area contributed by atoms with Gasteiger partial charge < -0.3 is 10.1 Å². The Balaban J connectivity index is 1.69. The summed E-state index contributed by atoms with van der Waals surface area (Å²) < 4.78 is 5.01. The van der Waals surface area contributed by atoms with Crippen molar-refractivity contribution in [1.82, 2.24) is 4.90 Å². The van der Waals surface area contributed by atoms with Gasteiger partial charge in [0.25, 0.3) is 0 Å². The van der Waals surface area contributed by atoms with E-state index in [1.54, 1.807) is 0 Å². The first-order valence-corrected chi connectivity index (χ1v) is 8.40. The highest BCUT2D eigenvalue weighted by Gasteiger charge is 2.27. The quantitative estimate of drug-likeness (QED) is 0.821. The SMILES string of the molecule is CCOC(=O)CNc1c(C)ccc2c1CCN(CC1CC1)C2. The predicted molar refractivity (Wildman–Crippen MR) is 88.0 cm³/mol. The van der Waals surface area contributed by atoms with Crippen molar-refractivity contribution in [3.05, 3.63) is 28.8 Å². The first-order valence-electron chi connectivity index (χ1n) is 8.40. The maximum absolute atomic E-state index is 11.6. The summed E-state index contributed by atoms with van der Waals surface area (Å²) >= 11 is 0. The maximum Gasteiger partial charge on any atom is 0.325 e. The molecule has 1 fully saturated rings. The van der Waals surface area contributed by atoms with Gasteiger partial charge in [-0.1, -0.05) is 12.1 Å². The highest BCUT2D eigenvalue weighted by Crippen LogP contribution is 2.33. The van der Waals surface area contributed by atoms with Crippen molar-refractivity contribution >= 4 is 11.7 Å². The fourth-order valence-corrected chi connectivity index (χ4v) is 3.27. The summed E-state index contributed by atoms with van der Waals surface area (Å²) in [6.45, 7) is 8.03. The summed E-state index contributed by atoms with van der Waals surface area (Å²) in [6, 6.07) is 4.41. The maximum atomic E-state index is 11.6. The van der Waals surface area contributed by atoms with Gasteiger partial charge in [-0.3, -0.25) is 9.69 Å². The number of carbonyl (C=O) groups excluding carboxylic acids is 1. The number of benzene rings is 1. The van der Waals surface area contributed by atoms with E-state index in [9.17, 15) is 4.79 Å². The molecule has 1 N–H and O–H groups in total. The molecule has 120 valence electrons. The number of hydrogen-bond acceptors (Lipinski definition) is 4. The van der Waals surface area contributed by atoms with Crippen LogP contribution < -0.4 is 5.32 Å². The molecule has 22 heavy (non-hydrogen) atoms. The topological polar surface area (TPSA) is 41.6 Å². The number of fused-ring (bicyclic) bond motifs is 1. The Hall–Kier alpha value is -1.55. The highest BCUT2D eigenvalue weighted by molar-refractivity contribution is 5.76. The van der Waals surface area contributed by atoms with E-state index in [2.05, 4.69) is 29.3 Å². The van der Waals surface area contributed by atoms with Crippen LogP contribution in [0.2, 0.25) is 0 Å².